The number of rotatable bonds is 7. The smallest absolute Gasteiger partial charge is 0.262 e. The number of carbonyl (C=O) groups excluding carboxylic acids is 2. The fourth-order valence-corrected chi connectivity index (χ4v) is 4.74. The van der Waals surface area contributed by atoms with Gasteiger partial charge in [-0.2, -0.15) is 0 Å². The van der Waals surface area contributed by atoms with Crippen molar-refractivity contribution in [3.8, 4) is 11.5 Å². The Labute approximate surface area is 191 Å². The molecule has 8 heteroatoms. The lowest BCUT2D eigenvalue weighted by Crippen LogP contribution is -2.35. The molecule has 1 aliphatic carbocycles. The summed E-state index contributed by atoms with van der Waals surface area (Å²) < 4.78 is 17.1. The van der Waals surface area contributed by atoms with Crippen molar-refractivity contribution in [3.63, 3.8) is 0 Å². The van der Waals surface area contributed by atoms with Crippen molar-refractivity contribution in [2.75, 3.05) is 7.11 Å². The number of benzene rings is 2. The second kappa shape index (κ2) is 8.69. The predicted molar refractivity (Wildman–Crippen MR) is 118 cm³/mol. The van der Waals surface area contributed by atoms with E-state index in [1.54, 1.807) is 19.2 Å². The molecule has 1 fully saturated rings. The number of fused-ring (bicyclic) bond motifs is 1. The van der Waals surface area contributed by atoms with Crippen molar-refractivity contribution in [2.45, 2.75) is 51.2 Å². The third kappa shape index (κ3) is 3.86. The normalized spacial score (nSPS) is 16.8. The molecule has 8 nitrogen and oxygen atoms in total. The summed E-state index contributed by atoms with van der Waals surface area (Å²) in [7, 11) is 1.60. The SMILES string of the molecule is COc1ccc([C@H](Cc2nnco2)N2C(=O)c3cccc(C)c3C2=O)cc1OC1CCCC1. The summed E-state index contributed by atoms with van der Waals surface area (Å²) in [4.78, 5) is 28.1. The van der Waals surface area contributed by atoms with Gasteiger partial charge in [0.15, 0.2) is 11.5 Å². The van der Waals surface area contributed by atoms with Crippen LogP contribution >= 0.6 is 0 Å². The minimum atomic E-state index is -0.644. The largest absolute Gasteiger partial charge is 0.493 e. The summed E-state index contributed by atoms with van der Waals surface area (Å²) in [5, 5.41) is 7.74. The van der Waals surface area contributed by atoms with Crippen LogP contribution in [-0.4, -0.2) is 40.1 Å². The highest BCUT2D eigenvalue weighted by Gasteiger charge is 2.42. The lowest BCUT2D eigenvalue weighted by molar-refractivity contribution is 0.0576. The summed E-state index contributed by atoms with van der Waals surface area (Å²) in [6.07, 6.45) is 5.83. The number of hydrogen-bond acceptors (Lipinski definition) is 7. The quantitative estimate of drug-likeness (QED) is 0.499. The summed E-state index contributed by atoms with van der Waals surface area (Å²) >= 11 is 0. The first-order valence-corrected chi connectivity index (χ1v) is 11.1. The molecule has 2 aliphatic rings. The molecule has 3 aromatic rings. The van der Waals surface area contributed by atoms with Gasteiger partial charge in [-0.3, -0.25) is 14.5 Å². The molecule has 5 rings (SSSR count). The third-order valence-corrected chi connectivity index (χ3v) is 6.41. The summed E-state index contributed by atoms with van der Waals surface area (Å²) in [6.45, 7) is 1.83. The molecule has 1 saturated carbocycles. The van der Waals surface area contributed by atoms with E-state index in [1.807, 2.05) is 31.2 Å². The highest BCUT2D eigenvalue weighted by molar-refractivity contribution is 6.22. The monoisotopic (exact) mass is 447 g/mol. The molecule has 33 heavy (non-hydrogen) atoms. The van der Waals surface area contributed by atoms with Crippen molar-refractivity contribution >= 4 is 11.8 Å². The van der Waals surface area contributed by atoms with Crippen molar-refractivity contribution in [1.29, 1.82) is 0 Å². The van der Waals surface area contributed by atoms with Gasteiger partial charge < -0.3 is 13.9 Å². The van der Waals surface area contributed by atoms with Gasteiger partial charge in [0, 0.05) is 0 Å². The van der Waals surface area contributed by atoms with E-state index >= 15 is 0 Å². The van der Waals surface area contributed by atoms with Gasteiger partial charge in [0.05, 0.1) is 36.8 Å². The Morgan fingerprint density at radius 3 is 2.64 bits per heavy atom. The summed E-state index contributed by atoms with van der Waals surface area (Å²) in [5.74, 6) is 0.886. The second-order valence-electron chi connectivity index (χ2n) is 8.46. The number of aryl methyl sites for hydroxylation is 1. The molecule has 1 aromatic heterocycles. The minimum absolute atomic E-state index is 0.130. The zero-order chi connectivity index (χ0) is 22.9. The van der Waals surface area contributed by atoms with Crippen LogP contribution < -0.4 is 9.47 Å². The van der Waals surface area contributed by atoms with Crippen LogP contribution in [0.3, 0.4) is 0 Å². The van der Waals surface area contributed by atoms with Crippen molar-refractivity contribution in [1.82, 2.24) is 15.1 Å². The van der Waals surface area contributed by atoms with Crippen LogP contribution in [0.15, 0.2) is 47.2 Å². The van der Waals surface area contributed by atoms with E-state index in [1.165, 1.54) is 11.3 Å². The Hall–Kier alpha value is -3.68. The van der Waals surface area contributed by atoms with Crippen LogP contribution in [0.25, 0.3) is 0 Å². The third-order valence-electron chi connectivity index (χ3n) is 6.41. The summed E-state index contributed by atoms with van der Waals surface area (Å²) in [6, 6.07) is 10.2. The van der Waals surface area contributed by atoms with E-state index in [0.29, 0.717) is 28.5 Å². The van der Waals surface area contributed by atoms with Crippen LogP contribution in [0, 0.1) is 6.92 Å². The van der Waals surface area contributed by atoms with E-state index < -0.39 is 6.04 Å². The number of hydrogen-bond donors (Lipinski definition) is 0. The van der Waals surface area contributed by atoms with Crippen LogP contribution in [0.2, 0.25) is 0 Å². The molecule has 0 N–H and O–H groups in total. The van der Waals surface area contributed by atoms with E-state index in [9.17, 15) is 9.59 Å². The molecule has 2 amide bonds. The number of imide groups is 1. The average Bonchev–Trinajstić information content (AvgIpc) is 3.56. The molecule has 170 valence electrons. The number of carbonyl (C=O) groups is 2. The van der Waals surface area contributed by atoms with Gasteiger partial charge in [-0.05, 0) is 61.9 Å². The zero-order valence-corrected chi connectivity index (χ0v) is 18.6. The van der Waals surface area contributed by atoms with E-state index in [4.69, 9.17) is 13.9 Å². The van der Waals surface area contributed by atoms with Crippen molar-refractivity contribution < 1.29 is 23.5 Å². The molecule has 0 bridgehead atoms. The van der Waals surface area contributed by atoms with E-state index in [0.717, 1.165) is 36.8 Å². The number of nitrogens with zero attached hydrogens (tertiary/aromatic N) is 3. The zero-order valence-electron chi connectivity index (χ0n) is 18.6. The first-order valence-electron chi connectivity index (χ1n) is 11.1. The molecule has 0 radical (unpaired) electrons. The van der Waals surface area contributed by atoms with Crippen LogP contribution in [0.1, 0.15) is 69.5 Å². The Balaban J connectivity index is 1.56. The Morgan fingerprint density at radius 1 is 1.12 bits per heavy atom. The molecule has 2 heterocycles. The number of methoxy groups -OCH3 is 1. The van der Waals surface area contributed by atoms with Gasteiger partial charge in [0.1, 0.15) is 0 Å². The molecular formula is C25H25N3O5. The van der Waals surface area contributed by atoms with Crippen LogP contribution in [0.4, 0.5) is 0 Å². The van der Waals surface area contributed by atoms with Gasteiger partial charge in [-0.15, -0.1) is 10.2 Å². The molecule has 2 aromatic carbocycles. The van der Waals surface area contributed by atoms with E-state index in [2.05, 4.69) is 10.2 Å². The van der Waals surface area contributed by atoms with Gasteiger partial charge in [-0.25, -0.2) is 0 Å². The molecular weight excluding hydrogens is 422 g/mol. The standard InChI is InChI=1S/C25H25N3O5/c1-15-6-5-9-18-23(15)25(30)28(24(18)29)19(13-22-27-26-14-32-22)16-10-11-20(31-2)21(12-16)33-17-7-3-4-8-17/h5-6,9-12,14,17,19H,3-4,7-8,13H2,1-2H3/t19-/m0/s1. The number of aromatic nitrogens is 2. The van der Waals surface area contributed by atoms with Gasteiger partial charge in [0.25, 0.3) is 11.8 Å². The lowest BCUT2D eigenvalue weighted by atomic mass is 10.0. The minimum Gasteiger partial charge on any atom is -0.493 e. The van der Waals surface area contributed by atoms with Gasteiger partial charge in [0.2, 0.25) is 12.3 Å². The molecule has 0 unspecified atom stereocenters. The van der Waals surface area contributed by atoms with Crippen molar-refractivity contribution in [2.24, 2.45) is 0 Å². The fraction of sp³-hybridized carbons (Fsp3) is 0.360. The van der Waals surface area contributed by atoms with Crippen LogP contribution in [-0.2, 0) is 6.42 Å². The number of ether oxygens (including phenoxy) is 2. The van der Waals surface area contributed by atoms with Gasteiger partial charge in [-0.1, -0.05) is 18.2 Å². The maximum atomic E-state index is 13.4. The Morgan fingerprint density at radius 2 is 1.94 bits per heavy atom. The summed E-state index contributed by atoms with van der Waals surface area (Å²) in [5.41, 5.74) is 2.35. The highest BCUT2D eigenvalue weighted by atomic mass is 16.5. The average molecular weight is 447 g/mol. The molecule has 0 saturated heterocycles. The maximum Gasteiger partial charge on any atom is 0.262 e. The van der Waals surface area contributed by atoms with Crippen molar-refractivity contribution in [3.05, 3.63) is 70.9 Å². The molecule has 1 aliphatic heterocycles. The Kier molecular flexibility index (Phi) is 5.58. The number of amides is 2. The highest BCUT2D eigenvalue weighted by Crippen LogP contribution is 2.39. The molecule has 1 atom stereocenters. The fourth-order valence-electron chi connectivity index (χ4n) is 4.74. The molecule has 0 spiro atoms. The maximum absolute atomic E-state index is 13.4. The second-order valence-corrected chi connectivity index (χ2v) is 8.46. The van der Waals surface area contributed by atoms with Crippen LogP contribution in [0.5, 0.6) is 11.5 Å². The topological polar surface area (TPSA) is 94.8 Å². The van der Waals surface area contributed by atoms with Gasteiger partial charge >= 0.3 is 0 Å². The van der Waals surface area contributed by atoms with E-state index in [-0.39, 0.29) is 24.3 Å². The predicted octanol–water partition coefficient (Wildman–Crippen LogP) is 4.29. The lowest BCUT2D eigenvalue weighted by Gasteiger charge is -2.27. The first kappa shape index (κ1) is 21.2. The Bertz CT molecular complexity index is 1180. The first-order chi connectivity index (χ1) is 16.1.